The van der Waals surface area contributed by atoms with Crippen LogP contribution >= 0.6 is 0 Å². The first-order valence-corrected chi connectivity index (χ1v) is 11.5. The zero-order valence-corrected chi connectivity index (χ0v) is 19.6. The van der Waals surface area contributed by atoms with Gasteiger partial charge in [0.1, 0.15) is 17.3 Å². The molecule has 0 amide bonds. The Morgan fingerprint density at radius 2 is 1.74 bits per heavy atom. The van der Waals surface area contributed by atoms with Crippen molar-refractivity contribution in [3.8, 4) is 5.75 Å². The Morgan fingerprint density at radius 3 is 2.57 bits per heavy atom. The second-order valence-corrected chi connectivity index (χ2v) is 8.97. The van der Waals surface area contributed by atoms with Gasteiger partial charge in [-0.1, -0.05) is 66.7 Å². The number of ether oxygens (including phenoxy) is 1. The third-order valence-electron chi connectivity index (χ3n) is 5.99. The van der Waals surface area contributed by atoms with E-state index in [1.54, 1.807) is 6.07 Å². The lowest BCUT2D eigenvalue weighted by Crippen LogP contribution is -2.37. The number of oxazole rings is 1. The summed E-state index contributed by atoms with van der Waals surface area (Å²) in [6, 6.07) is 29.3. The van der Waals surface area contributed by atoms with E-state index in [1.807, 2.05) is 60.7 Å². The van der Waals surface area contributed by atoms with Crippen molar-refractivity contribution in [3.63, 3.8) is 0 Å². The van der Waals surface area contributed by atoms with Crippen molar-refractivity contribution in [2.24, 2.45) is 0 Å². The molecule has 0 aliphatic carbocycles. The van der Waals surface area contributed by atoms with Crippen molar-refractivity contribution in [3.05, 3.63) is 108 Å². The minimum Gasteiger partial charge on any atom is -0.478 e. The summed E-state index contributed by atoms with van der Waals surface area (Å²) in [4.78, 5) is 16.2. The zero-order valence-electron chi connectivity index (χ0n) is 19.6. The molecule has 0 aliphatic rings. The summed E-state index contributed by atoms with van der Waals surface area (Å²) < 4.78 is 11.9. The summed E-state index contributed by atoms with van der Waals surface area (Å²) in [7, 11) is 0. The van der Waals surface area contributed by atoms with Gasteiger partial charge in [-0.2, -0.15) is 0 Å². The van der Waals surface area contributed by atoms with Crippen LogP contribution in [0.2, 0.25) is 0 Å². The van der Waals surface area contributed by atoms with Gasteiger partial charge >= 0.3 is 5.97 Å². The van der Waals surface area contributed by atoms with E-state index in [-0.39, 0.29) is 6.04 Å². The standard InChI is InChI=1S/C29H26N2O4/c1-29(2,28(32)33)35-21-12-7-9-19(17-21)18-30-26(27-31-24-15-5-6-16-25(24)34-27)23-14-8-11-20-10-3-4-13-22(20)23/h3-17,26,30H,18H2,1-2H3,(H,32,33). The van der Waals surface area contributed by atoms with Crippen LogP contribution in [0, 0.1) is 0 Å². The van der Waals surface area contributed by atoms with Crippen molar-refractivity contribution in [1.29, 1.82) is 0 Å². The lowest BCUT2D eigenvalue weighted by atomic mass is 9.98. The molecule has 5 rings (SSSR count). The lowest BCUT2D eigenvalue weighted by Gasteiger charge is -2.22. The topological polar surface area (TPSA) is 84.6 Å². The highest BCUT2D eigenvalue weighted by atomic mass is 16.5. The maximum absolute atomic E-state index is 11.5. The molecule has 6 heteroatoms. The molecule has 0 saturated heterocycles. The molecule has 6 nitrogen and oxygen atoms in total. The highest BCUT2D eigenvalue weighted by Crippen LogP contribution is 2.31. The van der Waals surface area contributed by atoms with Gasteiger partial charge in [-0.05, 0) is 60.0 Å². The predicted molar refractivity (Wildman–Crippen MR) is 135 cm³/mol. The Morgan fingerprint density at radius 1 is 1.00 bits per heavy atom. The van der Waals surface area contributed by atoms with Crippen LogP contribution in [-0.2, 0) is 11.3 Å². The number of benzene rings is 4. The van der Waals surface area contributed by atoms with Gasteiger partial charge in [0.05, 0.1) is 0 Å². The SMILES string of the molecule is CC(C)(Oc1cccc(CNC(c2nc3ccccc3o2)c2cccc3ccccc23)c1)C(=O)O. The first kappa shape index (κ1) is 22.6. The van der Waals surface area contributed by atoms with E-state index < -0.39 is 11.6 Å². The number of carboxylic acid groups (broad SMARTS) is 1. The van der Waals surface area contributed by atoms with E-state index >= 15 is 0 Å². The molecule has 0 aliphatic heterocycles. The van der Waals surface area contributed by atoms with Crippen LogP contribution in [0.15, 0.2) is 95.4 Å². The fourth-order valence-corrected chi connectivity index (χ4v) is 4.12. The number of carbonyl (C=O) groups is 1. The summed E-state index contributed by atoms with van der Waals surface area (Å²) in [6.07, 6.45) is 0. The van der Waals surface area contributed by atoms with Crippen molar-refractivity contribution in [1.82, 2.24) is 10.3 Å². The van der Waals surface area contributed by atoms with E-state index in [1.165, 1.54) is 13.8 Å². The van der Waals surface area contributed by atoms with Gasteiger partial charge in [0.2, 0.25) is 5.89 Å². The molecule has 0 radical (unpaired) electrons. The summed E-state index contributed by atoms with van der Waals surface area (Å²) in [5.74, 6) is 0.0650. The van der Waals surface area contributed by atoms with Crippen molar-refractivity contribution in [2.75, 3.05) is 0 Å². The molecule has 35 heavy (non-hydrogen) atoms. The summed E-state index contributed by atoms with van der Waals surface area (Å²) in [5.41, 5.74) is 2.23. The molecule has 1 atom stereocenters. The van der Waals surface area contributed by atoms with Gasteiger partial charge in [0, 0.05) is 6.54 Å². The van der Waals surface area contributed by atoms with E-state index in [2.05, 4.69) is 29.6 Å². The molecule has 1 aromatic heterocycles. The number of rotatable bonds is 8. The van der Waals surface area contributed by atoms with Gasteiger partial charge in [-0.3, -0.25) is 5.32 Å². The molecular formula is C29H26N2O4. The molecule has 0 saturated carbocycles. The summed E-state index contributed by atoms with van der Waals surface area (Å²) in [5, 5.41) is 15.3. The molecular weight excluding hydrogens is 440 g/mol. The minimum atomic E-state index is -1.32. The number of aliphatic carboxylic acids is 1. The zero-order chi connectivity index (χ0) is 24.4. The number of nitrogens with zero attached hydrogens (tertiary/aromatic N) is 1. The molecule has 176 valence electrons. The first-order chi connectivity index (χ1) is 16.9. The number of carboxylic acids is 1. The van der Waals surface area contributed by atoms with Gasteiger partial charge < -0.3 is 14.3 Å². The highest BCUT2D eigenvalue weighted by Gasteiger charge is 2.29. The van der Waals surface area contributed by atoms with E-state index in [0.29, 0.717) is 18.2 Å². The number of aromatic nitrogens is 1. The molecule has 4 aromatic carbocycles. The van der Waals surface area contributed by atoms with Crippen LogP contribution in [0.1, 0.15) is 36.9 Å². The molecule has 0 spiro atoms. The second-order valence-electron chi connectivity index (χ2n) is 8.97. The largest absolute Gasteiger partial charge is 0.478 e. The Balaban J connectivity index is 1.49. The highest BCUT2D eigenvalue weighted by molar-refractivity contribution is 5.86. The van der Waals surface area contributed by atoms with Crippen LogP contribution in [0.25, 0.3) is 21.9 Å². The monoisotopic (exact) mass is 466 g/mol. The Kier molecular flexibility index (Phi) is 5.97. The number of nitrogens with one attached hydrogen (secondary N) is 1. The minimum absolute atomic E-state index is 0.298. The summed E-state index contributed by atoms with van der Waals surface area (Å²) in [6.45, 7) is 3.56. The molecule has 0 bridgehead atoms. The predicted octanol–water partition coefficient (Wildman–Crippen LogP) is 6.10. The van der Waals surface area contributed by atoms with Crippen LogP contribution in [0.4, 0.5) is 0 Å². The average molecular weight is 467 g/mol. The quantitative estimate of drug-likeness (QED) is 0.287. The lowest BCUT2D eigenvalue weighted by molar-refractivity contribution is -0.152. The third-order valence-corrected chi connectivity index (χ3v) is 5.99. The second kappa shape index (κ2) is 9.24. The third kappa shape index (κ3) is 4.74. The van der Waals surface area contributed by atoms with E-state index in [4.69, 9.17) is 14.1 Å². The van der Waals surface area contributed by atoms with Gasteiger partial charge in [0.15, 0.2) is 11.2 Å². The van der Waals surface area contributed by atoms with Crippen LogP contribution in [0.3, 0.4) is 0 Å². The number of hydrogen-bond donors (Lipinski definition) is 2. The maximum Gasteiger partial charge on any atom is 0.347 e. The maximum atomic E-state index is 11.5. The van der Waals surface area contributed by atoms with Crippen LogP contribution in [0.5, 0.6) is 5.75 Å². The van der Waals surface area contributed by atoms with Crippen molar-refractivity contribution in [2.45, 2.75) is 32.0 Å². The number of fused-ring (bicyclic) bond motifs is 2. The van der Waals surface area contributed by atoms with Crippen molar-refractivity contribution < 1.29 is 19.1 Å². The van der Waals surface area contributed by atoms with Gasteiger partial charge in [-0.25, -0.2) is 9.78 Å². The molecule has 5 aromatic rings. The number of para-hydroxylation sites is 2. The Labute approximate surface area is 203 Å². The molecule has 1 unspecified atom stereocenters. The van der Waals surface area contributed by atoms with E-state index in [0.717, 1.165) is 33.0 Å². The fourth-order valence-electron chi connectivity index (χ4n) is 4.12. The molecule has 0 fully saturated rings. The molecule has 1 heterocycles. The molecule has 2 N–H and O–H groups in total. The Hall–Kier alpha value is -4.16. The first-order valence-electron chi connectivity index (χ1n) is 11.5. The fraction of sp³-hybridized carbons (Fsp3) is 0.172. The average Bonchev–Trinajstić information content (AvgIpc) is 3.28. The Bertz CT molecular complexity index is 1470. The summed E-state index contributed by atoms with van der Waals surface area (Å²) >= 11 is 0. The van der Waals surface area contributed by atoms with E-state index in [9.17, 15) is 9.90 Å². The van der Waals surface area contributed by atoms with Gasteiger partial charge in [0.25, 0.3) is 0 Å². The number of hydrogen-bond acceptors (Lipinski definition) is 5. The van der Waals surface area contributed by atoms with Crippen LogP contribution < -0.4 is 10.1 Å². The van der Waals surface area contributed by atoms with Crippen LogP contribution in [-0.4, -0.2) is 21.7 Å². The smallest absolute Gasteiger partial charge is 0.347 e. The van der Waals surface area contributed by atoms with Crippen molar-refractivity contribution >= 4 is 27.8 Å². The normalized spacial score (nSPS) is 12.6. The van der Waals surface area contributed by atoms with Gasteiger partial charge in [-0.15, -0.1) is 0 Å².